The van der Waals surface area contributed by atoms with Crippen molar-refractivity contribution in [1.82, 2.24) is 0 Å². The fourth-order valence-electron chi connectivity index (χ4n) is 1.38. The van der Waals surface area contributed by atoms with Crippen molar-refractivity contribution >= 4 is 17.7 Å². The van der Waals surface area contributed by atoms with E-state index in [-0.39, 0.29) is 12.3 Å². The van der Waals surface area contributed by atoms with E-state index in [0.717, 1.165) is 5.56 Å². The van der Waals surface area contributed by atoms with Crippen LogP contribution >= 0.6 is 0 Å². The average Bonchev–Trinajstić information content (AvgIpc) is 2.27. The molecule has 0 N–H and O–H groups in total. The molecule has 0 aliphatic heterocycles. The molecular weight excluding hydrogens is 222 g/mol. The lowest BCUT2D eigenvalue weighted by atomic mass is 10.1. The first-order valence-corrected chi connectivity index (χ1v) is 5.15. The first-order valence-electron chi connectivity index (χ1n) is 5.15. The summed E-state index contributed by atoms with van der Waals surface area (Å²) in [6.07, 6.45) is 2.60. The molecule has 1 aromatic carbocycles. The van der Waals surface area contributed by atoms with Gasteiger partial charge < -0.3 is 4.74 Å². The number of esters is 1. The van der Waals surface area contributed by atoms with Gasteiger partial charge in [-0.3, -0.25) is 10.1 Å². The zero-order chi connectivity index (χ0) is 12.8. The van der Waals surface area contributed by atoms with Crippen molar-refractivity contribution in [2.45, 2.75) is 13.8 Å². The first kappa shape index (κ1) is 12.9. The van der Waals surface area contributed by atoms with Gasteiger partial charge in [0.1, 0.15) is 0 Å². The summed E-state index contributed by atoms with van der Waals surface area (Å²) in [7, 11) is 0. The molecule has 0 saturated heterocycles. The summed E-state index contributed by atoms with van der Waals surface area (Å²) in [5, 5.41) is 10.8. The van der Waals surface area contributed by atoms with Crippen molar-refractivity contribution in [2.24, 2.45) is 0 Å². The van der Waals surface area contributed by atoms with Gasteiger partial charge in [0.15, 0.2) is 0 Å². The molecule has 0 fully saturated rings. The maximum atomic E-state index is 11.1. The van der Waals surface area contributed by atoms with Crippen LogP contribution in [0, 0.1) is 17.0 Å². The van der Waals surface area contributed by atoms with E-state index in [1.165, 1.54) is 18.2 Å². The minimum absolute atomic E-state index is 0.0226. The highest BCUT2D eigenvalue weighted by atomic mass is 16.6. The third kappa shape index (κ3) is 3.41. The molecule has 1 aromatic rings. The lowest BCUT2D eigenvalue weighted by Gasteiger charge is -2.01. The Morgan fingerprint density at radius 2 is 2.24 bits per heavy atom. The van der Waals surface area contributed by atoms with Crippen LogP contribution in [0.25, 0.3) is 6.08 Å². The molecule has 0 atom stereocenters. The smallest absolute Gasteiger partial charge is 0.330 e. The van der Waals surface area contributed by atoms with Crippen LogP contribution in [0.2, 0.25) is 0 Å². The van der Waals surface area contributed by atoms with Gasteiger partial charge in [0.2, 0.25) is 0 Å². The van der Waals surface area contributed by atoms with Crippen molar-refractivity contribution in [3.63, 3.8) is 0 Å². The summed E-state index contributed by atoms with van der Waals surface area (Å²) < 4.78 is 4.71. The summed E-state index contributed by atoms with van der Waals surface area (Å²) in [5.74, 6) is -0.509. The number of benzene rings is 1. The normalized spacial score (nSPS) is 10.5. The fourth-order valence-corrected chi connectivity index (χ4v) is 1.38. The summed E-state index contributed by atoms with van der Waals surface area (Å²) in [6.45, 7) is 3.72. The average molecular weight is 235 g/mol. The molecule has 17 heavy (non-hydrogen) atoms. The largest absolute Gasteiger partial charge is 0.463 e. The van der Waals surface area contributed by atoms with Crippen LogP contribution in [0.4, 0.5) is 5.69 Å². The second-order valence-electron chi connectivity index (χ2n) is 3.35. The molecule has 90 valence electrons. The highest BCUT2D eigenvalue weighted by Gasteiger charge is 2.12. The lowest BCUT2D eigenvalue weighted by Crippen LogP contribution is -1.99. The number of nitro benzene ring substituents is 1. The summed E-state index contributed by atoms with van der Waals surface area (Å²) in [4.78, 5) is 21.5. The van der Waals surface area contributed by atoms with E-state index in [1.807, 2.05) is 0 Å². The van der Waals surface area contributed by atoms with Gasteiger partial charge in [-0.1, -0.05) is 12.1 Å². The van der Waals surface area contributed by atoms with Gasteiger partial charge in [-0.05, 0) is 25.5 Å². The second kappa shape index (κ2) is 5.79. The predicted molar refractivity (Wildman–Crippen MR) is 63.5 cm³/mol. The number of nitrogens with zero attached hydrogens (tertiary/aromatic N) is 1. The highest BCUT2D eigenvalue weighted by molar-refractivity contribution is 5.88. The van der Waals surface area contributed by atoms with E-state index < -0.39 is 10.9 Å². The van der Waals surface area contributed by atoms with Gasteiger partial charge >= 0.3 is 5.97 Å². The van der Waals surface area contributed by atoms with Crippen LogP contribution in [-0.4, -0.2) is 17.5 Å². The Bertz CT molecular complexity index is 466. The van der Waals surface area contributed by atoms with Gasteiger partial charge in [-0.2, -0.15) is 0 Å². The van der Waals surface area contributed by atoms with E-state index >= 15 is 0 Å². The summed E-state index contributed by atoms with van der Waals surface area (Å²) in [6, 6.07) is 4.75. The van der Waals surface area contributed by atoms with Gasteiger partial charge in [0.25, 0.3) is 5.69 Å². The SMILES string of the molecule is CCOC(=O)C=Cc1c(C)cccc1[N+](=O)[O-]. The van der Waals surface area contributed by atoms with Gasteiger partial charge in [-0.15, -0.1) is 0 Å². The zero-order valence-corrected chi connectivity index (χ0v) is 9.67. The molecule has 0 bridgehead atoms. The lowest BCUT2D eigenvalue weighted by molar-refractivity contribution is -0.385. The summed E-state index contributed by atoms with van der Waals surface area (Å²) in [5.41, 5.74) is 1.14. The quantitative estimate of drug-likeness (QED) is 0.348. The van der Waals surface area contributed by atoms with E-state index in [1.54, 1.807) is 26.0 Å². The predicted octanol–water partition coefficient (Wildman–Crippen LogP) is 2.48. The number of hydrogen-bond acceptors (Lipinski definition) is 4. The van der Waals surface area contributed by atoms with Crippen LogP contribution in [0.5, 0.6) is 0 Å². The Kier molecular flexibility index (Phi) is 4.39. The molecule has 0 aromatic heterocycles. The van der Waals surface area contributed by atoms with Crippen molar-refractivity contribution in [2.75, 3.05) is 6.61 Å². The van der Waals surface area contributed by atoms with E-state index in [9.17, 15) is 14.9 Å². The maximum Gasteiger partial charge on any atom is 0.330 e. The highest BCUT2D eigenvalue weighted by Crippen LogP contribution is 2.23. The van der Waals surface area contributed by atoms with Crippen molar-refractivity contribution in [3.05, 3.63) is 45.5 Å². The minimum Gasteiger partial charge on any atom is -0.463 e. The first-order chi connectivity index (χ1) is 8.06. The molecule has 0 heterocycles. The Hall–Kier alpha value is -2.17. The van der Waals surface area contributed by atoms with Crippen molar-refractivity contribution in [3.8, 4) is 0 Å². The third-order valence-electron chi connectivity index (χ3n) is 2.17. The number of rotatable bonds is 4. The Balaban J connectivity index is 3.05. The molecule has 0 spiro atoms. The molecule has 5 heteroatoms. The number of carbonyl (C=O) groups is 1. The van der Waals surface area contributed by atoms with E-state index in [4.69, 9.17) is 4.74 Å². The topological polar surface area (TPSA) is 69.4 Å². The monoisotopic (exact) mass is 235 g/mol. The van der Waals surface area contributed by atoms with Crippen molar-refractivity contribution < 1.29 is 14.5 Å². The summed E-state index contributed by atoms with van der Waals surface area (Å²) >= 11 is 0. The maximum absolute atomic E-state index is 11.1. The van der Waals surface area contributed by atoms with Crippen LogP contribution in [0.1, 0.15) is 18.1 Å². The molecule has 0 aliphatic carbocycles. The Morgan fingerprint density at radius 1 is 1.53 bits per heavy atom. The molecule has 1 rings (SSSR count). The molecule has 5 nitrogen and oxygen atoms in total. The number of hydrogen-bond donors (Lipinski definition) is 0. The fraction of sp³-hybridized carbons (Fsp3) is 0.250. The number of aryl methyl sites for hydroxylation is 1. The van der Waals surface area contributed by atoms with Gasteiger partial charge in [-0.25, -0.2) is 4.79 Å². The second-order valence-corrected chi connectivity index (χ2v) is 3.35. The van der Waals surface area contributed by atoms with Crippen LogP contribution in [0.15, 0.2) is 24.3 Å². The molecule has 0 amide bonds. The molecular formula is C12H13NO4. The standard InChI is InChI=1S/C12H13NO4/c1-3-17-12(14)8-7-10-9(2)5-4-6-11(10)13(15)16/h4-8H,3H2,1-2H3. The van der Waals surface area contributed by atoms with Gasteiger partial charge in [0, 0.05) is 12.1 Å². The third-order valence-corrected chi connectivity index (χ3v) is 2.17. The Labute approximate surface area is 98.9 Å². The Morgan fingerprint density at radius 3 is 2.82 bits per heavy atom. The number of ether oxygens (including phenoxy) is 1. The van der Waals surface area contributed by atoms with E-state index in [2.05, 4.69) is 0 Å². The van der Waals surface area contributed by atoms with Crippen LogP contribution < -0.4 is 0 Å². The van der Waals surface area contributed by atoms with Crippen LogP contribution in [-0.2, 0) is 9.53 Å². The zero-order valence-electron chi connectivity index (χ0n) is 9.67. The van der Waals surface area contributed by atoms with Crippen molar-refractivity contribution in [1.29, 1.82) is 0 Å². The number of nitro groups is 1. The molecule has 0 radical (unpaired) electrons. The molecule has 0 unspecified atom stereocenters. The van der Waals surface area contributed by atoms with Gasteiger partial charge in [0.05, 0.1) is 17.1 Å². The molecule has 0 aliphatic rings. The minimum atomic E-state index is -0.509. The molecule has 0 saturated carbocycles. The van der Waals surface area contributed by atoms with Crippen LogP contribution in [0.3, 0.4) is 0 Å². The number of carbonyl (C=O) groups excluding carboxylic acids is 1. The van der Waals surface area contributed by atoms with E-state index in [0.29, 0.717) is 5.56 Å².